The van der Waals surface area contributed by atoms with Crippen LogP contribution in [0.4, 0.5) is 23.7 Å². The van der Waals surface area contributed by atoms with E-state index < -0.39 is 17.8 Å². The highest BCUT2D eigenvalue weighted by Crippen LogP contribution is 2.36. The summed E-state index contributed by atoms with van der Waals surface area (Å²) in [5.74, 6) is 0. The van der Waals surface area contributed by atoms with E-state index in [1.165, 1.54) is 6.07 Å². The first-order valence-corrected chi connectivity index (χ1v) is 5.53. The predicted octanol–water partition coefficient (Wildman–Crippen LogP) is 3.52. The number of hydrogen-bond acceptors (Lipinski definition) is 1. The van der Waals surface area contributed by atoms with Crippen molar-refractivity contribution in [3.63, 3.8) is 0 Å². The molecule has 1 atom stereocenters. The van der Waals surface area contributed by atoms with Crippen LogP contribution in [-0.2, 0) is 12.6 Å². The minimum absolute atomic E-state index is 0.216. The van der Waals surface area contributed by atoms with Crippen LogP contribution in [0.3, 0.4) is 0 Å². The van der Waals surface area contributed by atoms with Crippen LogP contribution in [0.2, 0.25) is 0 Å². The van der Waals surface area contributed by atoms with E-state index in [1.807, 2.05) is 0 Å². The summed E-state index contributed by atoms with van der Waals surface area (Å²) in [4.78, 5) is 12.2. The van der Waals surface area contributed by atoms with E-state index in [-0.39, 0.29) is 6.04 Å². The van der Waals surface area contributed by atoms with Gasteiger partial charge in [-0.05, 0) is 43.5 Å². The van der Waals surface area contributed by atoms with E-state index in [4.69, 9.17) is 5.11 Å². The van der Waals surface area contributed by atoms with E-state index in [0.717, 1.165) is 17.0 Å². The molecule has 1 N–H and O–H groups in total. The third kappa shape index (κ3) is 2.14. The summed E-state index contributed by atoms with van der Waals surface area (Å²) in [5.41, 5.74) is 0.0562. The second-order valence-corrected chi connectivity index (χ2v) is 4.38. The molecule has 1 unspecified atom stereocenters. The molecule has 1 aliphatic rings. The lowest BCUT2D eigenvalue weighted by molar-refractivity contribution is -0.137. The standard InChI is InChI=1S/C12H12F3NO2/c1-7-2-3-8-6-9(12(13,14)15)4-5-10(8)16(7)11(17)18/h4-7H,2-3H2,1H3,(H,17,18). The second-order valence-electron chi connectivity index (χ2n) is 4.38. The van der Waals surface area contributed by atoms with Crippen LogP contribution in [0.15, 0.2) is 18.2 Å². The van der Waals surface area contributed by atoms with Crippen LogP contribution >= 0.6 is 0 Å². The van der Waals surface area contributed by atoms with Crippen LogP contribution in [-0.4, -0.2) is 17.2 Å². The normalized spacial score (nSPS) is 19.6. The average Bonchev–Trinajstić information content (AvgIpc) is 2.26. The predicted molar refractivity (Wildman–Crippen MR) is 59.7 cm³/mol. The van der Waals surface area contributed by atoms with Crippen molar-refractivity contribution in [2.75, 3.05) is 4.90 Å². The highest BCUT2D eigenvalue weighted by Gasteiger charge is 2.34. The summed E-state index contributed by atoms with van der Waals surface area (Å²) in [6.45, 7) is 1.74. The summed E-state index contributed by atoms with van der Waals surface area (Å²) in [7, 11) is 0. The Kier molecular flexibility index (Phi) is 2.96. The van der Waals surface area contributed by atoms with Gasteiger partial charge in [0.1, 0.15) is 0 Å². The molecule has 3 nitrogen and oxygen atoms in total. The third-order valence-corrected chi connectivity index (χ3v) is 3.14. The Morgan fingerprint density at radius 1 is 1.44 bits per heavy atom. The largest absolute Gasteiger partial charge is 0.465 e. The van der Waals surface area contributed by atoms with Crippen LogP contribution in [0.5, 0.6) is 0 Å². The van der Waals surface area contributed by atoms with Crippen molar-refractivity contribution in [1.29, 1.82) is 0 Å². The van der Waals surface area contributed by atoms with Gasteiger partial charge < -0.3 is 5.11 Å². The zero-order valence-electron chi connectivity index (χ0n) is 9.66. The van der Waals surface area contributed by atoms with E-state index in [0.29, 0.717) is 24.1 Å². The Labute approximate surface area is 102 Å². The third-order valence-electron chi connectivity index (χ3n) is 3.14. The minimum atomic E-state index is -4.40. The molecule has 0 aliphatic carbocycles. The number of amides is 1. The molecule has 0 spiro atoms. The van der Waals surface area contributed by atoms with Gasteiger partial charge in [0.05, 0.1) is 11.3 Å². The Bertz CT molecular complexity index is 485. The molecule has 1 aromatic carbocycles. The van der Waals surface area contributed by atoms with E-state index >= 15 is 0 Å². The van der Waals surface area contributed by atoms with Gasteiger partial charge in [0.25, 0.3) is 0 Å². The van der Waals surface area contributed by atoms with Crippen molar-refractivity contribution >= 4 is 11.8 Å². The van der Waals surface area contributed by atoms with Gasteiger partial charge in [-0.2, -0.15) is 13.2 Å². The zero-order valence-corrected chi connectivity index (χ0v) is 9.66. The molecule has 0 fully saturated rings. The number of carboxylic acid groups (broad SMARTS) is 1. The molecule has 0 radical (unpaired) electrons. The molecule has 1 heterocycles. The maximum absolute atomic E-state index is 12.6. The van der Waals surface area contributed by atoms with Crippen molar-refractivity contribution in [2.24, 2.45) is 0 Å². The quantitative estimate of drug-likeness (QED) is 0.774. The number of benzene rings is 1. The topological polar surface area (TPSA) is 40.5 Å². The number of rotatable bonds is 0. The molecule has 1 amide bonds. The maximum atomic E-state index is 12.6. The highest BCUT2D eigenvalue weighted by atomic mass is 19.4. The first kappa shape index (κ1) is 12.7. The number of halogens is 3. The molecule has 1 aromatic rings. The number of anilines is 1. The van der Waals surface area contributed by atoms with Crippen molar-refractivity contribution in [2.45, 2.75) is 32.0 Å². The van der Waals surface area contributed by atoms with Gasteiger partial charge in [-0.3, -0.25) is 4.90 Å². The molecular weight excluding hydrogens is 247 g/mol. The smallest absolute Gasteiger partial charge is 0.416 e. The fraction of sp³-hybridized carbons (Fsp3) is 0.417. The van der Waals surface area contributed by atoms with Gasteiger partial charge in [0.15, 0.2) is 0 Å². The molecule has 0 saturated heterocycles. The van der Waals surface area contributed by atoms with Gasteiger partial charge in [-0.15, -0.1) is 0 Å². The molecule has 0 saturated carbocycles. The van der Waals surface area contributed by atoms with Crippen LogP contribution < -0.4 is 4.90 Å². The van der Waals surface area contributed by atoms with Gasteiger partial charge in [0, 0.05) is 6.04 Å². The lowest BCUT2D eigenvalue weighted by Crippen LogP contribution is -2.41. The molecule has 6 heteroatoms. The number of nitrogens with zero attached hydrogens (tertiary/aromatic N) is 1. The van der Waals surface area contributed by atoms with E-state index in [2.05, 4.69) is 0 Å². The van der Waals surface area contributed by atoms with Gasteiger partial charge in [0.2, 0.25) is 0 Å². The second kappa shape index (κ2) is 4.19. The van der Waals surface area contributed by atoms with Crippen molar-refractivity contribution in [3.8, 4) is 0 Å². The van der Waals surface area contributed by atoms with Gasteiger partial charge in [-0.1, -0.05) is 0 Å². The molecule has 18 heavy (non-hydrogen) atoms. The Morgan fingerprint density at radius 3 is 2.67 bits per heavy atom. The monoisotopic (exact) mass is 259 g/mol. The number of alkyl halides is 3. The molecule has 1 aliphatic heterocycles. The van der Waals surface area contributed by atoms with Gasteiger partial charge >= 0.3 is 12.3 Å². The first-order chi connectivity index (χ1) is 8.30. The summed E-state index contributed by atoms with van der Waals surface area (Å²) >= 11 is 0. The summed E-state index contributed by atoms with van der Waals surface area (Å²) in [6, 6.07) is 2.98. The van der Waals surface area contributed by atoms with Crippen LogP contribution in [0.25, 0.3) is 0 Å². The molecule has 0 aromatic heterocycles. The molecular formula is C12H12F3NO2. The fourth-order valence-electron chi connectivity index (χ4n) is 2.22. The summed E-state index contributed by atoms with van der Waals surface area (Å²) in [5, 5.41) is 9.09. The summed E-state index contributed by atoms with van der Waals surface area (Å²) < 4.78 is 37.7. The zero-order chi connectivity index (χ0) is 13.5. The lowest BCUT2D eigenvalue weighted by atomic mass is 9.95. The van der Waals surface area contributed by atoms with Crippen molar-refractivity contribution in [1.82, 2.24) is 0 Å². The van der Waals surface area contributed by atoms with E-state index in [1.54, 1.807) is 6.92 Å². The highest BCUT2D eigenvalue weighted by molar-refractivity contribution is 5.88. The molecule has 0 bridgehead atoms. The number of fused-ring (bicyclic) bond motifs is 1. The maximum Gasteiger partial charge on any atom is 0.416 e. The fourth-order valence-corrected chi connectivity index (χ4v) is 2.22. The van der Waals surface area contributed by atoms with Crippen LogP contribution in [0, 0.1) is 0 Å². The molecule has 2 rings (SSSR count). The van der Waals surface area contributed by atoms with Crippen molar-refractivity contribution < 1.29 is 23.1 Å². The Morgan fingerprint density at radius 2 is 2.11 bits per heavy atom. The number of carbonyl (C=O) groups is 1. The number of aryl methyl sites for hydroxylation is 1. The SMILES string of the molecule is CC1CCc2cc(C(F)(F)F)ccc2N1C(=O)O. The Balaban J connectivity index is 2.47. The van der Waals surface area contributed by atoms with Gasteiger partial charge in [-0.25, -0.2) is 4.79 Å². The lowest BCUT2D eigenvalue weighted by Gasteiger charge is -2.33. The minimum Gasteiger partial charge on any atom is -0.465 e. The first-order valence-electron chi connectivity index (χ1n) is 5.53. The average molecular weight is 259 g/mol. The van der Waals surface area contributed by atoms with Crippen molar-refractivity contribution in [3.05, 3.63) is 29.3 Å². The Hall–Kier alpha value is -1.72. The molecule has 98 valence electrons. The van der Waals surface area contributed by atoms with Crippen LogP contribution in [0.1, 0.15) is 24.5 Å². The number of hydrogen-bond donors (Lipinski definition) is 1. The summed E-state index contributed by atoms with van der Waals surface area (Å²) in [6.07, 6.45) is -4.54. The van der Waals surface area contributed by atoms with E-state index in [9.17, 15) is 18.0 Å².